The molecule has 0 aromatic heterocycles. The molecule has 8 heteroatoms. The molecule has 0 fully saturated rings. The number of aliphatic hydroxyl groups is 5. The number of hydrogen-bond donors (Lipinski definition) is 5. The Labute approximate surface area is 90.1 Å². The molecule has 0 spiro atoms. The van der Waals surface area contributed by atoms with E-state index in [-0.39, 0.29) is 17.1 Å². The first kappa shape index (κ1) is 16.2. The minimum Gasteiger partial charge on any atom is -0.547 e. The molecule has 1 radical (unpaired) electrons. The zero-order valence-electron chi connectivity index (χ0n) is 6.92. The normalized spacial score (nSPS) is 18.9. The summed E-state index contributed by atoms with van der Waals surface area (Å²) in [5, 5.41) is 53.4. The summed E-state index contributed by atoms with van der Waals surface area (Å²) in [5.41, 5.74) is 0. The SMILES string of the molecule is O=C([O-])[C@H](O)[C@@H](O)[C@H](O)[C@H](O)CO.[Fe+3]. The van der Waals surface area contributed by atoms with E-state index < -0.39 is 37.0 Å². The summed E-state index contributed by atoms with van der Waals surface area (Å²) < 4.78 is 0. The molecule has 5 N–H and O–H groups in total. The van der Waals surface area contributed by atoms with E-state index in [9.17, 15) is 9.90 Å². The van der Waals surface area contributed by atoms with Gasteiger partial charge in [-0.25, -0.2) is 0 Å². The molecule has 0 aliphatic heterocycles. The van der Waals surface area contributed by atoms with Crippen LogP contribution in [0.3, 0.4) is 0 Å². The number of carbonyl (C=O) groups is 1. The number of aliphatic carboxylic acids is 1. The number of rotatable bonds is 5. The van der Waals surface area contributed by atoms with Crippen LogP contribution in [-0.2, 0) is 21.9 Å². The molecule has 4 atom stereocenters. The van der Waals surface area contributed by atoms with Gasteiger partial charge in [0.1, 0.15) is 24.4 Å². The van der Waals surface area contributed by atoms with E-state index in [1.54, 1.807) is 0 Å². The van der Waals surface area contributed by atoms with Crippen LogP contribution >= 0.6 is 0 Å². The minimum atomic E-state index is -2.31. The number of hydrogen-bond acceptors (Lipinski definition) is 7. The molecule has 0 heterocycles. The van der Waals surface area contributed by atoms with E-state index in [0.29, 0.717) is 0 Å². The van der Waals surface area contributed by atoms with Gasteiger partial charge in [-0.3, -0.25) is 0 Å². The van der Waals surface area contributed by atoms with Crippen molar-refractivity contribution in [2.24, 2.45) is 0 Å². The molecule has 0 rings (SSSR count). The number of aliphatic hydroxyl groups excluding tert-OH is 5. The van der Waals surface area contributed by atoms with Crippen LogP contribution in [0, 0.1) is 0 Å². The molecule has 0 aliphatic carbocycles. The molecule has 0 amide bonds. The summed E-state index contributed by atoms with van der Waals surface area (Å²) in [5.74, 6) is -1.98. The van der Waals surface area contributed by atoms with Gasteiger partial charge in [-0.1, -0.05) is 0 Å². The van der Waals surface area contributed by atoms with Crippen molar-refractivity contribution in [2.75, 3.05) is 6.61 Å². The van der Waals surface area contributed by atoms with E-state index in [1.807, 2.05) is 0 Å². The molecule has 0 unspecified atom stereocenters. The zero-order valence-corrected chi connectivity index (χ0v) is 8.03. The average Bonchev–Trinajstić information content (AvgIpc) is 2.12. The zero-order chi connectivity index (χ0) is 10.6. The smallest absolute Gasteiger partial charge is 0.547 e. The van der Waals surface area contributed by atoms with Crippen LogP contribution < -0.4 is 5.11 Å². The summed E-state index contributed by atoms with van der Waals surface area (Å²) in [7, 11) is 0. The van der Waals surface area contributed by atoms with Crippen LogP contribution in [0.5, 0.6) is 0 Å². The predicted octanol–water partition coefficient (Wildman–Crippen LogP) is -4.83. The summed E-state index contributed by atoms with van der Waals surface area (Å²) in [6.45, 7) is -0.863. The molecule has 0 aliphatic rings. The molecular formula is C6H11FeO7+2. The largest absolute Gasteiger partial charge is 3.00 e. The fourth-order valence-electron chi connectivity index (χ4n) is 0.662. The van der Waals surface area contributed by atoms with Crippen molar-refractivity contribution in [3.05, 3.63) is 0 Å². The molecule has 0 bridgehead atoms. The molecule has 0 aromatic carbocycles. The molecule has 0 aromatic rings. The van der Waals surface area contributed by atoms with E-state index in [4.69, 9.17) is 25.5 Å². The van der Waals surface area contributed by atoms with Crippen molar-refractivity contribution >= 4 is 5.97 Å². The maximum atomic E-state index is 9.98. The Morgan fingerprint density at radius 1 is 1.14 bits per heavy atom. The fraction of sp³-hybridized carbons (Fsp3) is 0.833. The van der Waals surface area contributed by atoms with Gasteiger partial charge in [-0.15, -0.1) is 0 Å². The third-order valence-electron chi connectivity index (χ3n) is 1.50. The average molecular weight is 251 g/mol. The fourth-order valence-corrected chi connectivity index (χ4v) is 0.662. The Bertz CT molecular complexity index is 176. The van der Waals surface area contributed by atoms with Gasteiger partial charge >= 0.3 is 17.1 Å². The predicted molar refractivity (Wildman–Crippen MR) is 36.1 cm³/mol. The number of carboxylic acid groups (broad SMARTS) is 1. The van der Waals surface area contributed by atoms with E-state index in [1.165, 1.54) is 0 Å². The number of carbonyl (C=O) groups excluding carboxylic acids is 1. The molecule has 14 heavy (non-hydrogen) atoms. The summed E-state index contributed by atoms with van der Waals surface area (Å²) in [6, 6.07) is 0. The Kier molecular flexibility index (Phi) is 8.27. The van der Waals surface area contributed by atoms with E-state index in [2.05, 4.69) is 0 Å². The molecule has 0 saturated heterocycles. The topological polar surface area (TPSA) is 141 Å². The molecular weight excluding hydrogens is 240 g/mol. The van der Waals surface area contributed by atoms with Crippen LogP contribution in [0.4, 0.5) is 0 Å². The van der Waals surface area contributed by atoms with Crippen LogP contribution in [0.2, 0.25) is 0 Å². The summed E-state index contributed by atoms with van der Waals surface area (Å²) >= 11 is 0. The maximum Gasteiger partial charge on any atom is 3.00 e. The van der Waals surface area contributed by atoms with Crippen molar-refractivity contribution < 1.29 is 52.5 Å². The first-order chi connectivity index (χ1) is 5.91. The van der Waals surface area contributed by atoms with Crippen molar-refractivity contribution in [3.8, 4) is 0 Å². The Hall–Kier alpha value is -0.211. The van der Waals surface area contributed by atoms with Gasteiger partial charge in [-0.2, -0.15) is 0 Å². The summed E-state index contributed by atoms with van der Waals surface area (Å²) in [4.78, 5) is 9.98. The maximum absolute atomic E-state index is 9.98. The second-order valence-corrected chi connectivity index (χ2v) is 2.49. The van der Waals surface area contributed by atoms with Crippen molar-refractivity contribution in [1.29, 1.82) is 0 Å². The number of carboxylic acids is 1. The standard InChI is InChI=1S/C6H12O7.Fe/c7-1-2(8)3(9)4(10)5(11)6(12)13;/h2-5,7-11H,1H2,(H,12,13);/q;+3/p-1/t2-,3-,4+,5-;/m1./s1. The van der Waals surface area contributed by atoms with Crippen LogP contribution in [0.1, 0.15) is 0 Å². The van der Waals surface area contributed by atoms with Gasteiger partial charge in [0, 0.05) is 0 Å². The monoisotopic (exact) mass is 251 g/mol. The van der Waals surface area contributed by atoms with Crippen LogP contribution in [0.15, 0.2) is 0 Å². The first-order valence-electron chi connectivity index (χ1n) is 3.45. The van der Waals surface area contributed by atoms with Gasteiger partial charge < -0.3 is 35.4 Å². The van der Waals surface area contributed by atoms with Crippen molar-refractivity contribution in [2.45, 2.75) is 24.4 Å². The van der Waals surface area contributed by atoms with E-state index >= 15 is 0 Å². The van der Waals surface area contributed by atoms with Crippen LogP contribution in [-0.4, -0.2) is 62.5 Å². The van der Waals surface area contributed by atoms with Crippen molar-refractivity contribution in [3.63, 3.8) is 0 Å². The van der Waals surface area contributed by atoms with Gasteiger partial charge in [0.05, 0.1) is 12.6 Å². The summed E-state index contributed by atoms with van der Waals surface area (Å²) in [6.07, 6.45) is -8.08. The molecule has 0 saturated carbocycles. The second kappa shape index (κ2) is 7.13. The van der Waals surface area contributed by atoms with Gasteiger partial charge in [0.15, 0.2) is 0 Å². The molecule has 83 valence electrons. The van der Waals surface area contributed by atoms with Crippen molar-refractivity contribution in [1.82, 2.24) is 0 Å². The quantitative estimate of drug-likeness (QED) is 0.308. The third-order valence-corrected chi connectivity index (χ3v) is 1.50. The van der Waals surface area contributed by atoms with E-state index in [0.717, 1.165) is 0 Å². The molecule has 7 nitrogen and oxygen atoms in total. The Morgan fingerprint density at radius 3 is 1.86 bits per heavy atom. The van der Waals surface area contributed by atoms with Crippen LogP contribution in [0.25, 0.3) is 0 Å². The minimum absolute atomic E-state index is 0. The van der Waals surface area contributed by atoms with Gasteiger partial charge in [-0.05, 0) is 0 Å². The Morgan fingerprint density at radius 2 is 1.57 bits per heavy atom. The Balaban J connectivity index is 0. The third kappa shape index (κ3) is 4.34. The van der Waals surface area contributed by atoms with Gasteiger partial charge in [0.2, 0.25) is 0 Å². The van der Waals surface area contributed by atoms with Gasteiger partial charge in [0.25, 0.3) is 0 Å². The first-order valence-corrected chi connectivity index (χ1v) is 3.45. The second-order valence-electron chi connectivity index (χ2n) is 2.49.